The van der Waals surface area contributed by atoms with Crippen molar-refractivity contribution >= 4 is 18.0 Å². The first kappa shape index (κ1) is 28.2. The van der Waals surface area contributed by atoms with Gasteiger partial charge in [-0.3, -0.25) is 9.69 Å². The van der Waals surface area contributed by atoms with Gasteiger partial charge in [-0.1, -0.05) is 19.9 Å². The van der Waals surface area contributed by atoms with Gasteiger partial charge in [0.1, 0.15) is 5.75 Å². The maximum atomic E-state index is 13.4. The number of halogens is 3. The first-order valence-electron chi connectivity index (χ1n) is 11.1. The molecule has 0 saturated carbocycles. The van der Waals surface area contributed by atoms with Gasteiger partial charge in [-0.05, 0) is 26.0 Å². The summed E-state index contributed by atoms with van der Waals surface area (Å²) >= 11 is 0. The molecule has 1 aliphatic rings. The lowest BCUT2D eigenvalue weighted by atomic mass is 10.1. The van der Waals surface area contributed by atoms with Crippen LogP contribution in [0.2, 0.25) is 0 Å². The molecule has 1 heterocycles. The summed E-state index contributed by atoms with van der Waals surface area (Å²) in [5.74, 6) is -2.10. The van der Waals surface area contributed by atoms with E-state index in [4.69, 9.17) is 19.3 Å². The number of rotatable bonds is 8. The molecule has 1 aliphatic heterocycles. The van der Waals surface area contributed by atoms with Crippen molar-refractivity contribution in [3.8, 4) is 5.75 Å². The van der Waals surface area contributed by atoms with Gasteiger partial charge in [0, 0.05) is 45.2 Å². The minimum Gasteiger partial charge on any atom is -0.476 e. The quantitative estimate of drug-likeness (QED) is 0.422. The average molecular weight is 505 g/mol. The van der Waals surface area contributed by atoms with Crippen molar-refractivity contribution in [2.45, 2.75) is 59.2 Å². The Morgan fingerprint density at radius 2 is 1.63 bits per heavy atom. The van der Waals surface area contributed by atoms with Crippen LogP contribution in [0.4, 0.5) is 18.0 Å². The molecular weight excluding hydrogens is 473 g/mol. The Morgan fingerprint density at radius 1 is 1.03 bits per heavy atom. The molecule has 1 atom stereocenters. The highest BCUT2D eigenvalue weighted by molar-refractivity contribution is 5.79. The predicted molar refractivity (Wildman–Crippen MR) is 118 cm³/mol. The molecule has 0 aromatic heterocycles. The van der Waals surface area contributed by atoms with Crippen molar-refractivity contribution in [1.29, 1.82) is 0 Å². The van der Waals surface area contributed by atoms with Crippen LogP contribution in [0.25, 0.3) is 0 Å². The number of carboxylic acid groups (broad SMARTS) is 1. The lowest BCUT2D eigenvalue weighted by Gasteiger charge is -2.34. The Bertz CT molecular complexity index is 926. The van der Waals surface area contributed by atoms with Crippen molar-refractivity contribution in [2.75, 3.05) is 26.2 Å². The van der Waals surface area contributed by atoms with E-state index in [1.54, 1.807) is 13.8 Å². The van der Waals surface area contributed by atoms with Gasteiger partial charge in [0.05, 0.1) is 11.5 Å². The standard InChI is InChI=1S/C23H31F3N2O7/c1-14(2)19(29)33-15(3)34-20(30)22(4,5)35-18-12-17(23(24,25)26)7-6-16(18)13-27-8-10-28(11-9-27)21(31)32/h6-7,12,14-15H,8-11,13H2,1-5H3,(H,31,32). The van der Waals surface area contributed by atoms with Crippen LogP contribution in [0, 0.1) is 5.92 Å². The molecule has 1 aromatic rings. The Kier molecular flexibility index (Phi) is 8.99. The van der Waals surface area contributed by atoms with Crippen molar-refractivity contribution < 1.29 is 46.9 Å². The molecule has 1 unspecified atom stereocenters. The molecule has 1 aromatic carbocycles. The molecule has 1 N–H and O–H groups in total. The number of carbonyl (C=O) groups excluding carboxylic acids is 2. The van der Waals surface area contributed by atoms with Gasteiger partial charge in [0.15, 0.2) is 5.60 Å². The third kappa shape index (κ3) is 8.01. The highest BCUT2D eigenvalue weighted by Crippen LogP contribution is 2.35. The van der Waals surface area contributed by atoms with E-state index in [0.29, 0.717) is 18.7 Å². The van der Waals surface area contributed by atoms with E-state index in [2.05, 4.69) is 0 Å². The largest absolute Gasteiger partial charge is 0.476 e. The number of esters is 2. The molecular formula is C23H31F3N2O7. The molecule has 12 heteroatoms. The number of benzene rings is 1. The fraction of sp³-hybridized carbons (Fsp3) is 0.609. The first-order chi connectivity index (χ1) is 16.1. The summed E-state index contributed by atoms with van der Waals surface area (Å²) in [5.41, 5.74) is -2.27. The molecule has 0 aliphatic carbocycles. The molecule has 1 fully saturated rings. The van der Waals surface area contributed by atoms with E-state index in [9.17, 15) is 27.6 Å². The molecule has 0 radical (unpaired) electrons. The third-order valence-corrected chi connectivity index (χ3v) is 5.31. The van der Waals surface area contributed by atoms with Crippen LogP contribution in [0.3, 0.4) is 0 Å². The van der Waals surface area contributed by atoms with Crippen molar-refractivity contribution in [3.05, 3.63) is 29.3 Å². The number of nitrogens with zero attached hydrogens (tertiary/aromatic N) is 2. The molecule has 9 nitrogen and oxygen atoms in total. The Hall–Kier alpha value is -3.02. The smallest absolute Gasteiger partial charge is 0.416 e. The Morgan fingerprint density at radius 3 is 2.14 bits per heavy atom. The van der Waals surface area contributed by atoms with Crippen LogP contribution in [0.1, 0.15) is 45.7 Å². The minimum absolute atomic E-state index is 0.158. The number of piperazine rings is 1. The summed E-state index contributed by atoms with van der Waals surface area (Å²) in [6, 6.07) is 3.02. The SMILES string of the molecule is CC(OC(=O)C(C)C)OC(=O)C(C)(C)Oc1cc(C(F)(F)F)ccc1CN1CCN(C(=O)O)CC1. The van der Waals surface area contributed by atoms with Gasteiger partial charge in [0.25, 0.3) is 0 Å². The summed E-state index contributed by atoms with van der Waals surface area (Å²) in [5, 5.41) is 9.09. The molecule has 1 amide bonds. The highest BCUT2D eigenvalue weighted by atomic mass is 19.4. The summed E-state index contributed by atoms with van der Waals surface area (Å²) in [6.45, 7) is 8.72. The van der Waals surface area contributed by atoms with Crippen LogP contribution < -0.4 is 4.74 Å². The number of ether oxygens (including phenoxy) is 3. The lowest BCUT2D eigenvalue weighted by molar-refractivity contribution is -0.196. The van der Waals surface area contributed by atoms with Crippen molar-refractivity contribution in [3.63, 3.8) is 0 Å². The Labute approximate surface area is 201 Å². The van der Waals surface area contributed by atoms with E-state index >= 15 is 0 Å². The van der Waals surface area contributed by atoms with Gasteiger partial charge >= 0.3 is 24.2 Å². The monoisotopic (exact) mass is 504 g/mol. The average Bonchev–Trinajstić information content (AvgIpc) is 2.74. The van der Waals surface area contributed by atoms with Crippen LogP contribution in [0.15, 0.2) is 18.2 Å². The van der Waals surface area contributed by atoms with Gasteiger partial charge in [-0.2, -0.15) is 13.2 Å². The molecule has 196 valence electrons. The molecule has 1 saturated heterocycles. The molecule has 35 heavy (non-hydrogen) atoms. The van der Waals surface area contributed by atoms with Gasteiger partial charge in [-0.25, -0.2) is 9.59 Å². The maximum absolute atomic E-state index is 13.4. The Balaban J connectivity index is 2.20. The maximum Gasteiger partial charge on any atom is 0.416 e. The summed E-state index contributed by atoms with van der Waals surface area (Å²) in [4.78, 5) is 38.6. The first-order valence-corrected chi connectivity index (χ1v) is 11.1. The second kappa shape index (κ2) is 11.1. The second-order valence-electron chi connectivity index (χ2n) is 9.04. The number of hydrogen-bond donors (Lipinski definition) is 1. The van der Waals surface area contributed by atoms with Crippen molar-refractivity contribution in [1.82, 2.24) is 9.80 Å². The third-order valence-electron chi connectivity index (χ3n) is 5.31. The van der Waals surface area contributed by atoms with E-state index in [1.807, 2.05) is 4.90 Å². The summed E-state index contributed by atoms with van der Waals surface area (Å²) in [7, 11) is 0. The van der Waals surface area contributed by atoms with E-state index in [1.165, 1.54) is 31.7 Å². The second-order valence-corrected chi connectivity index (χ2v) is 9.04. The van der Waals surface area contributed by atoms with Gasteiger partial charge < -0.3 is 24.2 Å². The van der Waals surface area contributed by atoms with Crippen LogP contribution in [-0.4, -0.2) is 71.0 Å². The highest BCUT2D eigenvalue weighted by Gasteiger charge is 2.37. The van der Waals surface area contributed by atoms with E-state index in [-0.39, 0.29) is 25.4 Å². The molecule has 0 bridgehead atoms. The van der Waals surface area contributed by atoms with Gasteiger partial charge in [-0.15, -0.1) is 0 Å². The summed E-state index contributed by atoms with van der Waals surface area (Å²) < 4.78 is 55.9. The minimum atomic E-state index is -4.63. The zero-order valence-electron chi connectivity index (χ0n) is 20.3. The predicted octanol–water partition coefficient (Wildman–Crippen LogP) is 3.75. The van der Waals surface area contributed by atoms with E-state index < -0.39 is 47.6 Å². The zero-order valence-corrected chi connectivity index (χ0v) is 20.3. The lowest BCUT2D eigenvalue weighted by Crippen LogP contribution is -2.48. The number of hydrogen-bond acceptors (Lipinski definition) is 7. The van der Waals surface area contributed by atoms with Crippen molar-refractivity contribution in [2.24, 2.45) is 5.92 Å². The number of amides is 1. The van der Waals surface area contributed by atoms with Gasteiger partial charge in [0.2, 0.25) is 6.29 Å². The zero-order chi connectivity index (χ0) is 26.6. The van der Waals surface area contributed by atoms with Crippen LogP contribution in [-0.2, 0) is 31.8 Å². The van der Waals surface area contributed by atoms with Crippen LogP contribution in [0.5, 0.6) is 5.75 Å². The fourth-order valence-corrected chi connectivity index (χ4v) is 3.23. The topological polar surface area (TPSA) is 106 Å². The fourth-order valence-electron chi connectivity index (χ4n) is 3.23. The molecule has 2 rings (SSSR count). The number of carbonyl (C=O) groups is 3. The number of alkyl halides is 3. The normalized spacial score (nSPS) is 16.1. The summed E-state index contributed by atoms with van der Waals surface area (Å²) in [6.07, 6.45) is -6.88. The molecule has 0 spiro atoms. The van der Waals surface area contributed by atoms with Crippen LogP contribution >= 0.6 is 0 Å². The van der Waals surface area contributed by atoms with E-state index in [0.717, 1.165) is 12.1 Å².